The van der Waals surface area contributed by atoms with Crippen LogP contribution < -0.4 is 15.8 Å². The van der Waals surface area contributed by atoms with Crippen molar-refractivity contribution in [3.8, 4) is 5.75 Å². The summed E-state index contributed by atoms with van der Waals surface area (Å²) in [6.07, 6.45) is 0.631. The molecule has 4 heteroatoms. The fourth-order valence-electron chi connectivity index (χ4n) is 1.80. The third-order valence-electron chi connectivity index (χ3n) is 2.64. The van der Waals surface area contributed by atoms with Gasteiger partial charge in [0.05, 0.1) is 11.7 Å². The van der Waals surface area contributed by atoms with Gasteiger partial charge in [-0.25, -0.2) is 0 Å². The fourth-order valence-corrected chi connectivity index (χ4v) is 1.80. The van der Waals surface area contributed by atoms with Gasteiger partial charge in [-0.15, -0.1) is 0 Å². The molecular weight excluding hydrogens is 192 g/mol. The van der Waals surface area contributed by atoms with Gasteiger partial charge in [0.2, 0.25) is 0 Å². The van der Waals surface area contributed by atoms with Gasteiger partial charge in [-0.3, -0.25) is 0 Å². The van der Waals surface area contributed by atoms with Crippen LogP contribution in [0.1, 0.15) is 13.3 Å². The van der Waals surface area contributed by atoms with Crippen LogP contribution in [0.4, 0.5) is 11.4 Å². The highest BCUT2D eigenvalue weighted by Crippen LogP contribution is 2.33. The van der Waals surface area contributed by atoms with Gasteiger partial charge in [-0.05, 0) is 19.1 Å². The number of aliphatic hydroxyl groups is 1. The Hall–Kier alpha value is -1.42. The zero-order chi connectivity index (χ0) is 10.8. The minimum absolute atomic E-state index is 0.00398. The van der Waals surface area contributed by atoms with Crippen molar-refractivity contribution < 1.29 is 9.84 Å². The van der Waals surface area contributed by atoms with Crippen LogP contribution in [0.3, 0.4) is 0 Å². The largest absolute Gasteiger partial charge is 0.486 e. The number of hydrogen-bond donors (Lipinski definition) is 3. The van der Waals surface area contributed by atoms with E-state index in [9.17, 15) is 0 Å². The van der Waals surface area contributed by atoms with Crippen molar-refractivity contribution in [3.05, 3.63) is 18.2 Å². The van der Waals surface area contributed by atoms with Gasteiger partial charge in [0, 0.05) is 24.8 Å². The van der Waals surface area contributed by atoms with E-state index < -0.39 is 0 Å². The van der Waals surface area contributed by atoms with E-state index in [1.54, 1.807) is 6.07 Å². The molecule has 4 N–H and O–H groups in total. The molecule has 0 fully saturated rings. The molecule has 0 spiro atoms. The predicted octanol–water partition coefficient (Wildman–Crippen LogP) is 1.21. The molecule has 0 bridgehead atoms. The van der Waals surface area contributed by atoms with E-state index in [4.69, 9.17) is 15.6 Å². The number of nitrogens with two attached hydrogens (primary N) is 1. The molecule has 2 atom stereocenters. The summed E-state index contributed by atoms with van der Waals surface area (Å²) >= 11 is 0. The Morgan fingerprint density at radius 1 is 1.53 bits per heavy atom. The molecule has 2 unspecified atom stereocenters. The standard InChI is InChI=1S/C11H16N2O2/c1-7-10(4-5-14)15-11-6-8(12)2-3-9(11)13-7/h2-3,6-7,10,13-14H,4-5,12H2,1H3. The van der Waals surface area contributed by atoms with Crippen LogP contribution in [0.5, 0.6) is 5.75 Å². The number of aliphatic hydroxyl groups excluding tert-OH is 1. The van der Waals surface area contributed by atoms with Crippen LogP contribution in [0.25, 0.3) is 0 Å². The Balaban J connectivity index is 2.22. The summed E-state index contributed by atoms with van der Waals surface area (Å²) in [6.45, 7) is 2.17. The smallest absolute Gasteiger partial charge is 0.144 e. The van der Waals surface area contributed by atoms with Crippen molar-refractivity contribution in [3.63, 3.8) is 0 Å². The lowest BCUT2D eigenvalue weighted by molar-refractivity contribution is 0.134. The number of benzene rings is 1. The van der Waals surface area contributed by atoms with E-state index in [0.29, 0.717) is 12.1 Å². The van der Waals surface area contributed by atoms with Gasteiger partial charge in [0.25, 0.3) is 0 Å². The van der Waals surface area contributed by atoms with E-state index in [-0.39, 0.29) is 18.8 Å². The van der Waals surface area contributed by atoms with Gasteiger partial charge < -0.3 is 20.9 Å². The van der Waals surface area contributed by atoms with Gasteiger partial charge in [0.15, 0.2) is 0 Å². The lowest BCUT2D eigenvalue weighted by Gasteiger charge is -2.32. The Labute approximate surface area is 89.0 Å². The molecule has 0 amide bonds. The molecule has 1 aromatic rings. The van der Waals surface area contributed by atoms with Crippen LogP contribution in [0.2, 0.25) is 0 Å². The van der Waals surface area contributed by atoms with Gasteiger partial charge in [-0.1, -0.05) is 0 Å². The highest BCUT2D eigenvalue weighted by atomic mass is 16.5. The predicted molar refractivity (Wildman–Crippen MR) is 60.1 cm³/mol. The van der Waals surface area contributed by atoms with Crippen molar-refractivity contribution in [2.24, 2.45) is 0 Å². The first-order chi connectivity index (χ1) is 7.20. The molecule has 1 heterocycles. The summed E-state index contributed by atoms with van der Waals surface area (Å²) in [5.74, 6) is 0.770. The number of ether oxygens (including phenoxy) is 1. The Bertz CT molecular complexity index is 354. The number of fused-ring (bicyclic) bond motifs is 1. The van der Waals surface area contributed by atoms with E-state index >= 15 is 0 Å². The van der Waals surface area contributed by atoms with Crippen LogP contribution in [-0.4, -0.2) is 23.9 Å². The quantitative estimate of drug-likeness (QED) is 0.639. The number of anilines is 2. The maximum absolute atomic E-state index is 8.91. The van der Waals surface area contributed by atoms with E-state index in [0.717, 1.165) is 11.4 Å². The fraction of sp³-hybridized carbons (Fsp3) is 0.455. The van der Waals surface area contributed by atoms with Crippen LogP contribution in [-0.2, 0) is 0 Å². The van der Waals surface area contributed by atoms with Crippen molar-refractivity contribution in [2.45, 2.75) is 25.5 Å². The first-order valence-corrected chi connectivity index (χ1v) is 5.14. The van der Waals surface area contributed by atoms with Crippen LogP contribution >= 0.6 is 0 Å². The molecule has 82 valence electrons. The zero-order valence-electron chi connectivity index (χ0n) is 8.73. The number of nitrogens with one attached hydrogen (secondary N) is 1. The minimum atomic E-state index is 0.00398. The number of rotatable bonds is 2. The topological polar surface area (TPSA) is 67.5 Å². The molecular formula is C11H16N2O2. The van der Waals surface area contributed by atoms with Crippen molar-refractivity contribution >= 4 is 11.4 Å². The SMILES string of the molecule is CC1Nc2ccc(N)cc2OC1CCO. The van der Waals surface area contributed by atoms with Gasteiger partial charge in [0.1, 0.15) is 11.9 Å². The van der Waals surface area contributed by atoms with Crippen molar-refractivity contribution in [2.75, 3.05) is 17.7 Å². The zero-order valence-corrected chi connectivity index (χ0v) is 8.73. The lowest BCUT2D eigenvalue weighted by atomic mass is 10.1. The number of hydrogen-bond acceptors (Lipinski definition) is 4. The molecule has 0 radical (unpaired) electrons. The summed E-state index contributed by atoms with van der Waals surface area (Å²) < 4.78 is 5.76. The molecule has 1 aliphatic rings. The molecule has 15 heavy (non-hydrogen) atoms. The third kappa shape index (κ3) is 1.99. The second kappa shape index (κ2) is 3.98. The third-order valence-corrected chi connectivity index (χ3v) is 2.64. The summed E-state index contributed by atoms with van der Waals surface area (Å²) in [4.78, 5) is 0. The van der Waals surface area contributed by atoms with Crippen LogP contribution in [0, 0.1) is 0 Å². The Morgan fingerprint density at radius 2 is 2.33 bits per heavy atom. The summed E-state index contributed by atoms with van der Waals surface area (Å²) in [5.41, 5.74) is 7.33. The van der Waals surface area contributed by atoms with E-state index in [1.165, 1.54) is 0 Å². The maximum atomic E-state index is 8.91. The Morgan fingerprint density at radius 3 is 3.07 bits per heavy atom. The first kappa shape index (κ1) is 10.1. The minimum Gasteiger partial charge on any atom is -0.486 e. The molecule has 1 aromatic carbocycles. The average Bonchev–Trinajstić information content (AvgIpc) is 2.20. The van der Waals surface area contributed by atoms with E-state index in [1.807, 2.05) is 19.1 Å². The van der Waals surface area contributed by atoms with Gasteiger partial charge in [-0.2, -0.15) is 0 Å². The summed E-state index contributed by atoms with van der Waals surface area (Å²) in [6, 6.07) is 5.76. The summed E-state index contributed by atoms with van der Waals surface area (Å²) in [7, 11) is 0. The van der Waals surface area contributed by atoms with Crippen molar-refractivity contribution in [1.82, 2.24) is 0 Å². The second-order valence-electron chi connectivity index (χ2n) is 3.86. The molecule has 2 rings (SSSR count). The maximum Gasteiger partial charge on any atom is 0.144 e. The monoisotopic (exact) mass is 208 g/mol. The first-order valence-electron chi connectivity index (χ1n) is 5.14. The Kier molecular flexibility index (Phi) is 2.68. The average molecular weight is 208 g/mol. The van der Waals surface area contributed by atoms with Crippen LogP contribution in [0.15, 0.2) is 18.2 Å². The van der Waals surface area contributed by atoms with Gasteiger partial charge >= 0.3 is 0 Å². The lowest BCUT2D eigenvalue weighted by Crippen LogP contribution is -2.39. The normalized spacial score (nSPS) is 23.9. The molecule has 4 nitrogen and oxygen atoms in total. The molecule has 0 saturated heterocycles. The molecule has 1 aliphatic heterocycles. The van der Waals surface area contributed by atoms with Crippen molar-refractivity contribution in [1.29, 1.82) is 0 Å². The highest BCUT2D eigenvalue weighted by molar-refractivity contribution is 5.64. The molecule has 0 saturated carbocycles. The summed E-state index contributed by atoms with van der Waals surface area (Å²) in [5, 5.41) is 12.2. The van der Waals surface area contributed by atoms with E-state index in [2.05, 4.69) is 5.32 Å². The number of nitrogen functional groups attached to an aromatic ring is 1. The highest BCUT2D eigenvalue weighted by Gasteiger charge is 2.25. The molecule has 0 aliphatic carbocycles. The second-order valence-corrected chi connectivity index (χ2v) is 3.86. The molecule has 0 aromatic heterocycles.